The van der Waals surface area contributed by atoms with Crippen molar-refractivity contribution in [2.75, 3.05) is 6.61 Å². The van der Waals surface area contributed by atoms with Gasteiger partial charge in [0.15, 0.2) is 6.61 Å². The molecular weight excluding hydrogens is 194 g/mol. The van der Waals surface area contributed by atoms with Gasteiger partial charge in [-0.2, -0.15) is 0 Å². The topological polar surface area (TPSA) is 91.2 Å². The number of aromatic nitrogens is 1. The molecule has 1 heterocycles. The summed E-state index contributed by atoms with van der Waals surface area (Å²) in [6.07, 6.45) is 2.27. The van der Waals surface area contributed by atoms with Crippen LogP contribution in [0.4, 0.5) is 0 Å². The van der Waals surface area contributed by atoms with E-state index in [1.54, 1.807) is 12.3 Å². The zero-order chi connectivity index (χ0) is 11.3. The van der Waals surface area contributed by atoms with Crippen molar-refractivity contribution in [1.29, 1.82) is 0 Å². The maximum atomic E-state index is 10.4. The lowest BCUT2D eigenvalue weighted by molar-refractivity contribution is -0.119. The fourth-order valence-corrected chi connectivity index (χ4v) is 1.10. The van der Waals surface area contributed by atoms with Gasteiger partial charge < -0.3 is 16.2 Å². The Kier molecular flexibility index (Phi) is 4.05. The molecule has 0 bridgehead atoms. The molecule has 5 nitrogen and oxygen atoms in total. The van der Waals surface area contributed by atoms with Gasteiger partial charge in [-0.1, -0.05) is 0 Å². The van der Waals surface area contributed by atoms with Gasteiger partial charge in [0.05, 0.1) is 6.20 Å². The van der Waals surface area contributed by atoms with E-state index in [0.717, 1.165) is 12.1 Å². The molecule has 0 aliphatic heterocycles. The van der Waals surface area contributed by atoms with Gasteiger partial charge in [-0.15, -0.1) is 0 Å². The molecule has 1 amide bonds. The van der Waals surface area contributed by atoms with Crippen LogP contribution in [0.3, 0.4) is 0 Å². The van der Waals surface area contributed by atoms with Crippen molar-refractivity contribution in [2.45, 2.75) is 19.4 Å². The van der Waals surface area contributed by atoms with Gasteiger partial charge in [0.1, 0.15) is 5.75 Å². The Balaban J connectivity index is 2.52. The molecule has 1 aromatic rings. The molecule has 0 aliphatic rings. The molecule has 4 N–H and O–H groups in total. The summed E-state index contributed by atoms with van der Waals surface area (Å²) in [4.78, 5) is 14.6. The highest BCUT2D eigenvalue weighted by Gasteiger charge is 2.01. The SMILES string of the molecule is CC(N)Cc1ccc(OCC(N)=O)cn1. The van der Waals surface area contributed by atoms with Gasteiger partial charge in [0.2, 0.25) is 0 Å². The van der Waals surface area contributed by atoms with Crippen LogP contribution in [0.25, 0.3) is 0 Å². The predicted molar refractivity (Wildman–Crippen MR) is 56.3 cm³/mol. The van der Waals surface area contributed by atoms with E-state index in [4.69, 9.17) is 16.2 Å². The van der Waals surface area contributed by atoms with Crippen LogP contribution in [0.1, 0.15) is 12.6 Å². The number of hydrogen-bond donors (Lipinski definition) is 2. The van der Waals surface area contributed by atoms with Crippen LogP contribution >= 0.6 is 0 Å². The first-order valence-corrected chi connectivity index (χ1v) is 4.69. The first kappa shape index (κ1) is 11.5. The highest BCUT2D eigenvalue weighted by atomic mass is 16.5. The molecule has 0 aromatic carbocycles. The van der Waals surface area contributed by atoms with Gasteiger partial charge in [-0.3, -0.25) is 9.78 Å². The number of ether oxygens (including phenoxy) is 1. The highest BCUT2D eigenvalue weighted by molar-refractivity contribution is 5.75. The second-order valence-electron chi connectivity index (χ2n) is 3.42. The zero-order valence-electron chi connectivity index (χ0n) is 8.64. The fourth-order valence-electron chi connectivity index (χ4n) is 1.10. The third kappa shape index (κ3) is 4.42. The van der Waals surface area contributed by atoms with Crippen molar-refractivity contribution in [2.24, 2.45) is 11.5 Å². The van der Waals surface area contributed by atoms with Crippen LogP contribution in [-0.2, 0) is 11.2 Å². The van der Waals surface area contributed by atoms with Crippen LogP contribution in [-0.4, -0.2) is 23.5 Å². The highest BCUT2D eigenvalue weighted by Crippen LogP contribution is 2.09. The van der Waals surface area contributed by atoms with Crippen molar-refractivity contribution < 1.29 is 9.53 Å². The summed E-state index contributed by atoms with van der Waals surface area (Å²) in [6, 6.07) is 3.64. The smallest absolute Gasteiger partial charge is 0.255 e. The number of amides is 1. The number of carbonyl (C=O) groups is 1. The number of rotatable bonds is 5. The molecule has 0 saturated heterocycles. The number of carbonyl (C=O) groups excluding carboxylic acids is 1. The Morgan fingerprint density at radius 1 is 1.60 bits per heavy atom. The number of pyridine rings is 1. The average molecular weight is 209 g/mol. The number of nitrogens with zero attached hydrogens (tertiary/aromatic N) is 1. The maximum Gasteiger partial charge on any atom is 0.255 e. The molecule has 0 radical (unpaired) electrons. The molecule has 15 heavy (non-hydrogen) atoms. The minimum absolute atomic E-state index is 0.0786. The molecule has 1 atom stereocenters. The summed E-state index contributed by atoms with van der Waals surface area (Å²) < 4.78 is 5.06. The lowest BCUT2D eigenvalue weighted by atomic mass is 10.2. The Morgan fingerprint density at radius 3 is 2.80 bits per heavy atom. The number of primary amides is 1. The van der Waals surface area contributed by atoms with Crippen molar-refractivity contribution in [3.8, 4) is 5.75 Å². The van der Waals surface area contributed by atoms with Gasteiger partial charge in [0.25, 0.3) is 5.91 Å². The van der Waals surface area contributed by atoms with Crippen LogP contribution in [0.2, 0.25) is 0 Å². The summed E-state index contributed by atoms with van der Waals surface area (Å²) >= 11 is 0. The average Bonchev–Trinajstić information content (AvgIpc) is 2.16. The molecule has 5 heteroatoms. The minimum Gasteiger partial charge on any atom is -0.482 e. The first-order valence-electron chi connectivity index (χ1n) is 4.69. The zero-order valence-corrected chi connectivity index (χ0v) is 8.64. The van der Waals surface area contributed by atoms with Crippen LogP contribution in [0.15, 0.2) is 18.3 Å². The van der Waals surface area contributed by atoms with E-state index in [0.29, 0.717) is 5.75 Å². The van der Waals surface area contributed by atoms with Crippen molar-refractivity contribution in [3.05, 3.63) is 24.0 Å². The molecule has 0 saturated carbocycles. The Hall–Kier alpha value is -1.62. The monoisotopic (exact) mass is 209 g/mol. The van der Waals surface area contributed by atoms with Crippen molar-refractivity contribution in [1.82, 2.24) is 4.98 Å². The third-order valence-corrected chi connectivity index (χ3v) is 1.71. The molecule has 1 unspecified atom stereocenters. The second kappa shape index (κ2) is 5.31. The normalized spacial score (nSPS) is 12.1. The molecule has 0 fully saturated rings. The van der Waals surface area contributed by atoms with Gasteiger partial charge in [-0.05, 0) is 19.1 Å². The standard InChI is InChI=1S/C10H15N3O2/c1-7(11)4-8-2-3-9(5-13-8)15-6-10(12)14/h2-3,5,7H,4,6,11H2,1H3,(H2,12,14). The largest absolute Gasteiger partial charge is 0.482 e. The lowest BCUT2D eigenvalue weighted by Gasteiger charge is -2.06. The summed E-state index contributed by atoms with van der Waals surface area (Å²) in [5.41, 5.74) is 11.5. The Morgan fingerprint density at radius 2 is 2.33 bits per heavy atom. The van der Waals surface area contributed by atoms with Crippen molar-refractivity contribution >= 4 is 5.91 Å². The fraction of sp³-hybridized carbons (Fsp3) is 0.400. The van der Waals surface area contributed by atoms with Gasteiger partial charge in [-0.25, -0.2) is 0 Å². The molecule has 1 rings (SSSR count). The van der Waals surface area contributed by atoms with E-state index >= 15 is 0 Å². The summed E-state index contributed by atoms with van der Waals surface area (Å²) in [5, 5.41) is 0. The van der Waals surface area contributed by atoms with E-state index in [9.17, 15) is 4.79 Å². The molecule has 0 spiro atoms. The van der Waals surface area contributed by atoms with Crippen LogP contribution in [0.5, 0.6) is 5.75 Å². The second-order valence-corrected chi connectivity index (χ2v) is 3.42. The van der Waals surface area contributed by atoms with E-state index in [1.807, 2.05) is 13.0 Å². The quantitative estimate of drug-likeness (QED) is 0.704. The number of hydrogen-bond acceptors (Lipinski definition) is 4. The third-order valence-electron chi connectivity index (χ3n) is 1.71. The van der Waals surface area contributed by atoms with Crippen LogP contribution < -0.4 is 16.2 Å². The summed E-state index contributed by atoms with van der Waals surface area (Å²) in [6.45, 7) is 1.79. The number of nitrogens with two attached hydrogens (primary N) is 2. The van der Waals surface area contributed by atoms with E-state index in [2.05, 4.69) is 4.98 Å². The minimum atomic E-state index is -0.505. The summed E-state index contributed by atoms with van der Waals surface area (Å²) in [7, 11) is 0. The van der Waals surface area contributed by atoms with Crippen LogP contribution in [0, 0.1) is 0 Å². The Labute approximate surface area is 88.4 Å². The molecule has 0 aliphatic carbocycles. The molecule has 82 valence electrons. The predicted octanol–water partition coefficient (Wildman–Crippen LogP) is -0.165. The van der Waals surface area contributed by atoms with Gasteiger partial charge in [0, 0.05) is 18.2 Å². The van der Waals surface area contributed by atoms with E-state index in [1.165, 1.54) is 0 Å². The van der Waals surface area contributed by atoms with Gasteiger partial charge >= 0.3 is 0 Å². The first-order chi connectivity index (χ1) is 7.08. The molecular formula is C10H15N3O2. The van der Waals surface area contributed by atoms with Crippen molar-refractivity contribution in [3.63, 3.8) is 0 Å². The lowest BCUT2D eigenvalue weighted by Crippen LogP contribution is -2.20. The maximum absolute atomic E-state index is 10.4. The molecule has 1 aromatic heterocycles. The summed E-state index contributed by atoms with van der Waals surface area (Å²) in [5.74, 6) is 0.0249. The Bertz CT molecular complexity index is 322. The van der Waals surface area contributed by atoms with E-state index in [-0.39, 0.29) is 12.6 Å². The van der Waals surface area contributed by atoms with E-state index < -0.39 is 5.91 Å².